The van der Waals surface area contributed by atoms with Gasteiger partial charge in [0.15, 0.2) is 0 Å². The molecular weight excluding hydrogens is 204 g/mol. The van der Waals surface area contributed by atoms with Crippen LogP contribution in [0.15, 0.2) is 24.3 Å². The van der Waals surface area contributed by atoms with Gasteiger partial charge in [-0.05, 0) is 24.6 Å². The largest absolute Gasteiger partial charge is 0.493 e. The number of aryl methyl sites for hydroxylation is 1. The van der Waals surface area contributed by atoms with Gasteiger partial charge in [0.2, 0.25) is 5.91 Å². The van der Waals surface area contributed by atoms with Crippen molar-refractivity contribution in [2.75, 3.05) is 19.7 Å². The summed E-state index contributed by atoms with van der Waals surface area (Å²) >= 11 is 0. The molecule has 1 aromatic rings. The number of carbonyl (C=O) groups excluding carboxylic acids is 1. The van der Waals surface area contributed by atoms with E-state index in [4.69, 9.17) is 10.5 Å². The van der Waals surface area contributed by atoms with Crippen molar-refractivity contribution in [3.8, 4) is 5.75 Å². The molecule has 1 amide bonds. The van der Waals surface area contributed by atoms with Gasteiger partial charge in [-0.3, -0.25) is 4.79 Å². The van der Waals surface area contributed by atoms with E-state index < -0.39 is 0 Å². The molecule has 0 aromatic heterocycles. The lowest BCUT2D eigenvalue weighted by molar-refractivity contribution is -0.121. The van der Waals surface area contributed by atoms with Gasteiger partial charge in [-0.25, -0.2) is 0 Å². The van der Waals surface area contributed by atoms with Gasteiger partial charge < -0.3 is 15.8 Å². The summed E-state index contributed by atoms with van der Waals surface area (Å²) in [5.74, 6) is 0.768. The first-order valence-electron chi connectivity index (χ1n) is 5.38. The molecule has 0 aliphatic heterocycles. The number of hydrogen-bond donors (Lipinski definition) is 2. The first-order chi connectivity index (χ1) is 7.72. The van der Waals surface area contributed by atoms with Gasteiger partial charge in [0.25, 0.3) is 0 Å². The number of carbonyl (C=O) groups is 1. The molecule has 0 atom stereocenters. The molecule has 0 bridgehead atoms. The highest BCUT2D eigenvalue weighted by molar-refractivity contribution is 5.75. The van der Waals surface area contributed by atoms with Gasteiger partial charge >= 0.3 is 0 Å². The standard InChI is InChI=1S/C12H18N2O2/c1-10-3-2-4-11(9-10)16-8-5-12(15)14-7-6-13/h2-4,9H,5-8,13H2,1H3,(H,14,15). The minimum atomic E-state index is -0.0295. The minimum absolute atomic E-state index is 0.0295. The summed E-state index contributed by atoms with van der Waals surface area (Å²) < 4.78 is 5.45. The smallest absolute Gasteiger partial charge is 0.223 e. The van der Waals surface area contributed by atoms with Gasteiger partial charge in [0, 0.05) is 13.1 Å². The lowest BCUT2D eigenvalue weighted by atomic mass is 10.2. The highest BCUT2D eigenvalue weighted by atomic mass is 16.5. The number of nitrogens with one attached hydrogen (secondary N) is 1. The fourth-order valence-electron chi connectivity index (χ4n) is 1.27. The van der Waals surface area contributed by atoms with Crippen LogP contribution in [0, 0.1) is 6.92 Å². The molecule has 0 aliphatic rings. The van der Waals surface area contributed by atoms with Crippen LogP contribution in [-0.4, -0.2) is 25.6 Å². The molecular formula is C12H18N2O2. The summed E-state index contributed by atoms with van der Waals surface area (Å²) in [5, 5.41) is 2.69. The van der Waals surface area contributed by atoms with Gasteiger partial charge in [0.05, 0.1) is 13.0 Å². The molecule has 1 aromatic carbocycles. The normalized spacial score (nSPS) is 9.88. The third-order valence-electron chi connectivity index (χ3n) is 2.05. The van der Waals surface area contributed by atoms with Crippen LogP contribution < -0.4 is 15.8 Å². The predicted octanol–water partition coefficient (Wildman–Crippen LogP) is 0.839. The van der Waals surface area contributed by atoms with Crippen molar-refractivity contribution < 1.29 is 9.53 Å². The monoisotopic (exact) mass is 222 g/mol. The average Bonchev–Trinajstić information content (AvgIpc) is 2.26. The maximum atomic E-state index is 11.2. The van der Waals surface area contributed by atoms with Crippen molar-refractivity contribution in [1.29, 1.82) is 0 Å². The SMILES string of the molecule is Cc1cccc(OCCC(=O)NCCN)c1. The van der Waals surface area contributed by atoms with Crippen molar-refractivity contribution in [1.82, 2.24) is 5.32 Å². The zero-order valence-corrected chi connectivity index (χ0v) is 9.53. The van der Waals surface area contributed by atoms with E-state index >= 15 is 0 Å². The zero-order chi connectivity index (χ0) is 11.8. The molecule has 0 aliphatic carbocycles. The molecule has 0 unspecified atom stereocenters. The number of amides is 1. The molecule has 4 heteroatoms. The van der Waals surface area contributed by atoms with Crippen LogP contribution in [0.5, 0.6) is 5.75 Å². The van der Waals surface area contributed by atoms with Crippen LogP contribution in [0.4, 0.5) is 0 Å². The Morgan fingerprint density at radius 3 is 3.00 bits per heavy atom. The van der Waals surface area contributed by atoms with Crippen molar-refractivity contribution in [3.05, 3.63) is 29.8 Å². The van der Waals surface area contributed by atoms with E-state index in [1.165, 1.54) is 0 Å². The van der Waals surface area contributed by atoms with Gasteiger partial charge in [-0.15, -0.1) is 0 Å². The number of benzene rings is 1. The van der Waals surface area contributed by atoms with Crippen LogP contribution in [0.25, 0.3) is 0 Å². The predicted molar refractivity (Wildman–Crippen MR) is 63.4 cm³/mol. The summed E-state index contributed by atoms with van der Waals surface area (Å²) in [5.41, 5.74) is 6.41. The van der Waals surface area contributed by atoms with E-state index in [0.717, 1.165) is 11.3 Å². The first kappa shape index (κ1) is 12.5. The zero-order valence-electron chi connectivity index (χ0n) is 9.53. The van der Waals surface area contributed by atoms with E-state index in [9.17, 15) is 4.79 Å². The molecule has 0 heterocycles. The highest BCUT2D eigenvalue weighted by Gasteiger charge is 2.00. The maximum Gasteiger partial charge on any atom is 0.223 e. The summed E-state index contributed by atoms with van der Waals surface area (Å²) in [6.45, 7) is 3.37. The molecule has 3 N–H and O–H groups in total. The van der Waals surface area contributed by atoms with E-state index in [-0.39, 0.29) is 5.91 Å². The van der Waals surface area contributed by atoms with E-state index in [1.807, 2.05) is 31.2 Å². The van der Waals surface area contributed by atoms with Crippen LogP contribution in [0.3, 0.4) is 0 Å². The topological polar surface area (TPSA) is 64.3 Å². The average molecular weight is 222 g/mol. The molecule has 4 nitrogen and oxygen atoms in total. The third-order valence-corrected chi connectivity index (χ3v) is 2.05. The molecule has 16 heavy (non-hydrogen) atoms. The Balaban J connectivity index is 2.22. The molecule has 0 spiro atoms. The Labute approximate surface area is 95.8 Å². The van der Waals surface area contributed by atoms with Crippen molar-refractivity contribution >= 4 is 5.91 Å². The fraction of sp³-hybridized carbons (Fsp3) is 0.417. The summed E-state index contributed by atoms with van der Waals surface area (Å²) in [7, 11) is 0. The fourth-order valence-corrected chi connectivity index (χ4v) is 1.27. The highest BCUT2D eigenvalue weighted by Crippen LogP contribution is 2.12. The molecule has 1 rings (SSSR count). The Morgan fingerprint density at radius 2 is 2.31 bits per heavy atom. The lowest BCUT2D eigenvalue weighted by Gasteiger charge is -2.07. The number of ether oxygens (including phenoxy) is 1. The lowest BCUT2D eigenvalue weighted by Crippen LogP contribution is -2.29. The third kappa shape index (κ3) is 4.79. The second-order valence-corrected chi connectivity index (χ2v) is 3.55. The second kappa shape index (κ2) is 6.85. The van der Waals surface area contributed by atoms with E-state index in [0.29, 0.717) is 26.1 Å². The first-order valence-corrected chi connectivity index (χ1v) is 5.38. The molecule has 0 saturated carbocycles. The minimum Gasteiger partial charge on any atom is -0.493 e. The van der Waals surface area contributed by atoms with Crippen molar-refractivity contribution in [3.63, 3.8) is 0 Å². The Kier molecular flexibility index (Phi) is 5.36. The number of nitrogens with two attached hydrogens (primary N) is 1. The van der Waals surface area contributed by atoms with Crippen LogP contribution in [0.1, 0.15) is 12.0 Å². The Morgan fingerprint density at radius 1 is 1.50 bits per heavy atom. The molecule has 0 fully saturated rings. The maximum absolute atomic E-state index is 11.2. The molecule has 88 valence electrons. The second-order valence-electron chi connectivity index (χ2n) is 3.55. The van der Waals surface area contributed by atoms with Crippen molar-refractivity contribution in [2.24, 2.45) is 5.73 Å². The Bertz CT molecular complexity index is 340. The van der Waals surface area contributed by atoms with Gasteiger partial charge in [-0.2, -0.15) is 0 Å². The quantitative estimate of drug-likeness (QED) is 0.749. The Hall–Kier alpha value is -1.55. The van der Waals surface area contributed by atoms with Crippen LogP contribution >= 0.6 is 0 Å². The van der Waals surface area contributed by atoms with Crippen LogP contribution in [0.2, 0.25) is 0 Å². The molecule has 0 radical (unpaired) electrons. The summed E-state index contributed by atoms with van der Waals surface area (Å²) in [6, 6.07) is 7.75. The van der Waals surface area contributed by atoms with Crippen LogP contribution in [-0.2, 0) is 4.79 Å². The summed E-state index contributed by atoms with van der Waals surface area (Å²) in [6.07, 6.45) is 0.355. The van der Waals surface area contributed by atoms with E-state index in [1.54, 1.807) is 0 Å². The number of rotatable bonds is 6. The van der Waals surface area contributed by atoms with Crippen molar-refractivity contribution in [2.45, 2.75) is 13.3 Å². The number of hydrogen-bond acceptors (Lipinski definition) is 3. The summed E-state index contributed by atoms with van der Waals surface area (Å²) in [4.78, 5) is 11.2. The van der Waals surface area contributed by atoms with Gasteiger partial charge in [0.1, 0.15) is 5.75 Å². The van der Waals surface area contributed by atoms with E-state index in [2.05, 4.69) is 5.32 Å². The van der Waals surface area contributed by atoms with Gasteiger partial charge in [-0.1, -0.05) is 12.1 Å². The molecule has 0 saturated heterocycles.